The predicted octanol–water partition coefficient (Wildman–Crippen LogP) is 3.81. The van der Waals surface area contributed by atoms with Crippen molar-refractivity contribution < 1.29 is 4.79 Å². The number of carbonyl (C=O) groups excluding carboxylic acids is 1. The Balaban J connectivity index is 1.84. The maximum atomic E-state index is 12.9. The molecule has 3 heterocycles. The molecule has 4 nitrogen and oxygen atoms in total. The number of aromatic nitrogens is 2. The Hall–Kier alpha value is -1.75. The average Bonchev–Trinajstić information content (AvgIpc) is 3.16. The lowest BCUT2D eigenvalue weighted by Gasteiger charge is -2.24. The summed E-state index contributed by atoms with van der Waals surface area (Å²) in [5.41, 5.74) is 1.15. The van der Waals surface area contributed by atoms with Gasteiger partial charge in [-0.1, -0.05) is 20.8 Å². The number of amides is 1. The predicted molar refractivity (Wildman–Crippen MR) is 88.1 cm³/mol. The number of rotatable bonds is 2. The van der Waals surface area contributed by atoms with Crippen molar-refractivity contribution >= 4 is 17.2 Å². The van der Waals surface area contributed by atoms with Gasteiger partial charge in [0, 0.05) is 24.4 Å². The van der Waals surface area contributed by atoms with Crippen molar-refractivity contribution in [3.63, 3.8) is 0 Å². The van der Waals surface area contributed by atoms with Gasteiger partial charge in [-0.25, -0.2) is 4.98 Å². The highest BCUT2D eigenvalue weighted by molar-refractivity contribution is 7.13. The van der Waals surface area contributed by atoms with Crippen LogP contribution in [0.1, 0.15) is 59.9 Å². The summed E-state index contributed by atoms with van der Waals surface area (Å²) in [7, 11) is 0. The molecule has 1 saturated heterocycles. The van der Waals surface area contributed by atoms with Gasteiger partial charge in [0.25, 0.3) is 5.91 Å². The number of thiazole rings is 1. The summed E-state index contributed by atoms with van der Waals surface area (Å²) in [6.45, 7) is 7.18. The van der Waals surface area contributed by atoms with Gasteiger partial charge in [0.1, 0.15) is 4.88 Å². The fraction of sp³-hybridized carbons (Fsp3) is 0.471. The van der Waals surface area contributed by atoms with Crippen molar-refractivity contribution in [2.75, 3.05) is 6.54 Å². The topological polar surface area (TPSA) is 46.1 Å². The molecule has 1 atom stereocenters. The normalized spacial score (nSPS) is 18.7. The second-order valence-electron chi connectivity index (χ2n) is 6.72. The van der Waals surface area contributed by atoms with Crippen LogP contribution in [-0.4, -0.2) is 27.3 Å². The third kappa shape index (κ3) is 2.90. The van der Waals surface area contributed by atoms with Gasteiger partial charge in [-0.2, -0.15) is 0 Å². The van der Waals surface area contributed by atoms with Gasteiger partial charge in [-0.15, -0.1) is 11.3 Å². The number of hydrogen-bond acceptors (Lipinski definition) is 4. The van der Waals surface area contributed by atoms with Crippen LogP contribution in [0.3, 0.4) is 0 Å². The number of nitrogens with zero attached hydrogens (tertiary/aromatic N) is 3. The summed E-state index contributed by atoms with van der Waals surface area (Å²) in [6.07, 6.45) is 7.38. The van der Waals surface area contributed by atoms with Crippen molar-refractivity contribution in [3.05, 3.63) is 46.2 Å². The lowest BCUT2D eigenvalue weighted by atomic mass is 9.98. The van der Waals surface area contributed by atoms with Crippen molar-refractivity contribution in [3.8, 4) is 0 Å². The zero-order chi connectivity index (χ0) is 15.7. The molecule has 1 amide bonds. The highest BCUT2D eigenvalue weighted by Crippen LogP contribution is 2.34. The van der Waals surface area contributed by atoms with Crippen molar-refractivity contribution in [2.45, 2.75) is 45.1 Å². The van der Waals surface area contributed by atoms with E-state index in [0.29, 0.717) is 0 Å². The Bertz CT molecular complexity index is 660. The molecule has 116 valence electrons. The Kier molecular flexibility index (Phi) is 4.00. The van der Waals surface area contributed by atoms with Gasteiger partial charge in [-0.3, -0.25) is 9.78 Å². The van der Waals surface area contributed by atoms with Gasteiger partial charge in [0.05, 0.1) is 17.2 Å². The van der Waals surface area contributed by atoms with E-state index in [2.05, 4.69) is 30.7 Å². The first kappa shape index (κ1) is 15.2. The highest BCUT2D eigenvalue weighted by Gasteiger charge is 2.32. The molecule has 0 bridgehead atoms. The van der Waals surface area contributed by atoms with E-state index in [1.807, 2.05) is 17.0 Å². The van der Waals surface area contributed by atoms with Crippen LogP contribution in [0.4, 0.5) is 0 Å². The zero-order valence-corrected chi connectivity index (χ0v) is 14.1. The molecule has 0 aromatic carbocycles. The Morgan fingerprint density at radius 3 is 2.68 bits per heavy atom. The van der Waals surface area contributed by atoms with E-state index in [1.165, 1.54) is 16.9 Å². The summed E-state index contributed by atoms with van der Waals surface area (Å²) in [6, 6.07) is 4.17. The molecule has 1 aliphatic heterocycles. The zero-order valence-electron chi connectivity index (χ0n) is 13.2. The van der Waals surface area contributed by atoms with Crippen LogP contribution >= 0.6 is 11.3 Å². The third-order valence-electron chi connectivity index (χ3n) is 3.96. The summed E-state index contributed by atoms with van der Waals surface area (Å²) >= 11 is 1.52. The third-order valence-corrected chi connectivity index (χ3v) is 5.37. The van der Waals surface area contributed by atoms with Crippen LogP contribution < -0.4 is 0 Å². The molecular weight excluding hydrogens is 294 g/mol. The van der Waals surface area contributed by atoms with Gasteiger partial charge in [0.2, 0.25) is 0 Å². The summed E-state index contributed by atoms with van der Waals surface area (Å²) in [4.78, 5) is 24.1. The van der Waals surface area contributed by atoms with Crippen molar-refractivity contribution in [1.82, 2.24) is 14.9 Å². The number of likely N-dealkylation sites (tertiary alicyclic amines) is 1. The molecule has 5 heteroatoms. The van der Waals surface area contributed by atoms with Gasteiger partial charge in [-0.05, 0) is 30.5 Å². The highest BCUT2D eigenvalue weighted by atomic mass is 32.1. The molecule has 3 rings (SSSR count). The first-order valence-electron chi connectivity index (χ1n) is 7.64. The van der Waals surface area contributed by atoms with Crippen molar-refractivity contribution in [2.24, 2.45) is 0 Å². The van der Waals surface area contributed by atoms with Crippen LogP contribution in [-0.2, 0) is 5.41 Å². The average molecular weight is 315 g/mol. The monoisotopic (exact) mass is 315 g/mol. The molecule has 1 aliphatic rings. The number of pyridine rings is 1. The molecular formula is C17H21N3OS. The molecule has 0 saturated carbocycles. The van der Waals surface area contributed by atoms with Gasteiger partial charge in [0.15, 0.2) is 0 Å². The minimum Gasteiger partial charge on any atom is -0.331 e. The molecule has 0 aliphatic carbocycles. The van der Waals surface area contributed by atoms with E-state index >= 15 is 0 Å². The van der Waals surface area contributed by atoms with E-state index in [0.717, 1.165) is 29.3 Å². The Labute approximate surface area is 135 Å². The molecule has 1 unspecified atom stereocenters. The fourth-order valence-electron chi connectivity index (χ4n) is 2.80. The number of carbonyl (C=O) groups is 1. The molecule has 0 spiro atoms. The van der Waals surface area contributed by atoms with Crippen LogP contribution in [0.15, 0.2) is 30.7 Å². The van der Waals surface area contributed by atoms with E-state index in [-0.39, 0.29) is 17.4 Å². The van der Waals surface area contributed by atoms with Gasteiger partial charge >= 0.3 is 0 Å². The maximum Gasteiger partial charge on any atom is 0.266 e. The van der Waals surface area contributed by atoms with E-state index in [9.17, 15) is 4.79 Å². The first-order valence-corrected chi connectivity index (χ1v) is 8.45. The van der Waals surface area contributed by atoms with Gasteiger partial charge < -0.3 is 4.90 Å². The van der Waals surface area contributed by atoms with Crippen LogP contribution in [0, 0.1) is 0 Å². The quantitative estimate of drug-likeness (QED) is 0.846. The minimum atomic E-state index is -0.0152. The van der Waals surface area contributed by atoms with E-state index in [1.54, 1.807) is 18.6 Å². The Morgan fingerprint density at radius 2 is 2.05 bits per heavy atom. The lowest BCUT2D eigenvalue weighted by Crippen LogP contribution is -2.30. The molecule has 2 aromatic rings. The number of hydrogen-bond donors (Lipinski definition) is 0. The van der Waals surface area contributed by atoms with E-state index in [4.69, 9.17) is 0 Å². The maximum absolute atomic E-state index is 12.9. The molecule has 2 aromatic heterocycles. The molecule has 22 heavy (non-hydrogen) atoms. The Morgan fingerprint density at radius 1 is 1.32 bits per heavy atom. The smallest absolute Gasteiger partial charge is 0.266 e. The van der Waals surface area contributed by atoms with Crippen LogP contribution in [0.5, 0.6) is 0 Å². The summed E-state index contributed by atoms with van der Waals surface area (Å²) < 4.78 is 0. The van der Waals surface area contributed by atoms with Crippen LogP contribution in [0.25, 0.3) is 0 Å². The standard InChI is InChI=1S/C17H21N3OS/c1-17(2,3)16-19-11-14(22-16)15(21)20-10-4-5-13(20)12-6-8-18-9-7-12/h6-9,11,13H,4-5,10H2,1-3H3. The molecule has 0 radical (unpaired) electrons. The van der Waals surface area contributed by atoms with Crippen LogP contribution in [0.2, 0.25) is 0 Å². The fourth-order valence-corrected chi connectivity index (χ4v) is 3.73. The lowest BCUT2D eigenvalue weighted by molar-refractivity contribution is 0.0740. The SMILES string of the molecule is CC(C)(C)c1ncc(C(=O)N2CCCC2c2ccncc2)s1. The first-order chi connectivity index (χ1) is 10.5. The minimum absolute atomic E-state index is 0.0152. The molecule has 0 N–H and O–H groups in total. The second-order valence-corrected chi connectivity index (χ2v) is 7.75. The largest absolute Gasteiger partial charge is 0.331 e. The molecule has 1 fully saturated rings. The van der Waals surface area contributed by atoms with Crippen molar-refractivity contribution in [1.29, 1.82) is 0 Å². The second kappa shape index (κ2) is 5.80. The van der Waals surface area contributed by atoms with E-state index < -0.39 is 0 Å². The summed E-state index contributed by atoms with van der Waals surface area (Å²) in [5.74, 6) is 0.104. The summed E-state index contributed by atoms with van der Waals surface area (Å²) in [5, 5.41) is 1.01.